The summed E-state index contributed by atoms with van der Waals surface area (Å²) in [7, 11) is 0. The summed E-state index contributed by atoms with van der Waals surface area (Å²) in [6.45, 7) is 8.78. The van der Waals surface area contributed by atoms with Crippen LogP contribution in [0.4, 0.5) is 0 Å². The number of hydrogen-bond donors (Lipinski definition) is 0. The Morgan fingerprint density at radius 1 is 1.24 bits per heavy atom. The first-order valence-electron chi connectivity index (χ1n) is 8.49. The number of benzene rings is 1. The first kappa shape index (κ1) is 18.6. The molecule has 2 heterocycles. The molecule has 0 atom stereocenters. The number of thioether (sulfide) groups is 1. The molecule has 0 radical (unpaired) electrons. The maximum absolute atomic E-state index is 6.24. The van der Waals surface area contributed by atoms with Crippen molar-refractivity contribution in [1.29, 1.82) is 0 Å². The highest BCUT2D eigenvalue weighted by Crippen LogP contribution is 2.32. The minimum Gasteiger partial charge on any atom is -0.371 e. The van der Waals surface area contributed by atoms with E-state index in [2.05, 4.69) is 29.5 Å². The fourth-order valence-electron chi connectivity index (χ4n) is 2.93. The van der Waals surface area contributed by atoms with Crippen molar-refractivity contribution in [2.75, 3.05) is 13.1 Å². The van der Waals surface area contributed by atoms with Crippen LogP contribution in [-0.4, -0.2) is 23.0 Å². The van der Waals surface area contributed by atoms with Crippen LogP contribution < -0.4 is 0 Å². The molecule has 3 rings (SSSR count). The number of aromatic nitrogens is 1. The van der Waals surface area contributed by atoms with Crippen LogP contribution in [0.15, 0.2) is 48.1 Å². The summed E-state index contributed by atoms with van der Waals surface area (Å²) >= 11 is 14.0. The predicted octanol–water partition coefficient (Wildman–Crippen LogP) is 6.38. The second kappa shape index (κ2) is 8.48. The average Bonchev–Trinajstić information content (AvgIpc) is 2.63. The fourth-order valence-corrected chi connectivity index (χ4v) is 4.35. The Hall–Kier alpha value is -1.16. The third kappa shape index (κ3) is 4.93. The molecule has 1 fully saturated rings. The molecule has 0 unspecified atom stereocenters. The predicted molar refractivity (Wildman–Crippen MR) is 109 cm³/mol. The Morgan fingerprint density at radius 3 is 2.76 bits per heavy atom. The number of nitrogens with zero attached hydrogens (tertiary/aromatic N) is 2. The van der Waals surface area contributed by atoms with Crippen molar-refractivity contribution in [3.05, 3.63) is 64.4 Å². The highest BCUT2D eigenvalue weighted by Gasteiger charge is 2.18. The third-order valence-corrected chi connectivity index (χ3v) is 6.38. The van der Waals surface area contributed by atoms with Crippen LogP contribution >= 0.6 is 35.0 Å². The quantitative estimate of drug-likeness (QED) is 0.548. The second-order valence-corrected chi connectivity index (χ2v) is 8.42. The zero-order valence-electron chi connectivity index (χ0n) is 14.3. The zero-order chi connectivity index (χ0) is 17.8. The van der Waals surface area contributed by atoms with Crippen LogP contribution in [0.2, 0.25) is 10.0 Å². The lowest BCUT2D eigenvalue weighted by molar-refractivity contribution is 0.268. The van der Waals surface area contributed by atoms with Crippen molar-refractivity contribution >= 4 is 40.7 Å². The molecule has 132 valence electrons. The Balaban J connectivity index is 1.67. The fraction of sp³-hybridized carbons (Fsp3) is 0.350. The molecule has 0 bridgehead atoms. The van der Waals surface area contributed by atoms with E-state index in [1.165, 1.54) is 12.8 Å². The molecule has 0 aliphatic carbocycles. The summed E-state index contributed by atoms with van der Waals surface area (Å²) in [5, 5.41) is 1.43. The number of likely N-dealkylation sites (tertiary alicyclic amines) is 1. The minimum absolute atomic E-state index is 0.700. The van der Waals surface area contributed by atoms with Gasteiger partial charge in [-0.25, -0.2) is 0 Å². The molecule has 0 N–H and O–H groups in total. The molecule has 1 saturated heterocycles. The van der Waals surface area contributed by atoms with Crippen LogP contribution in [0.3, 0.4) is 0 Å². The topological polar surface area (TPSA) is 16.1 Å². The van der Waals surface area contributed by atoms with Gasteiger partial charge in [-0.05, 0) is 48.6 Å². The number of hydrogen-bond acceptors (Lipinski definition) is 3. The van der Waals surface area contributed by atoms with E-state index >= 15 is 0 Å². The van der Waals surface area contributed by atoms with E-state index in [1.54, 1.807) is 17.8 Å². The summed E-state index contributed by atoms with van der Waals surface area (Å²) < 4.78 is 0. The molecule has 1 aromatic carbocycles. The van der Waals surface area contributed by atoms with Crippen LogP contribution in [0.25, 0.3) is 5.70 Å². The number of halogens is 2. The highest BCUT2D eigenvalue weighted by molar-refractivity contribution is 7.98. The van der Waals surface area contributed by atoms with Gasteiger partial charge in [0.2, 0.25) is 0 Å². The molecule has 1 aromatic heterocycles. The minimum atomic E-state index is 0.700. The molecule has 2 aromatic rings. The molecule has 0 saturated carbocycles. The average molecular weight is 393 g/mol. The Morgan fingerprint density at radius 2 is 2.00 bits per heavy atom. The van der Waals surface area contributed by atoms with Crippen molar-refractivity contribution in [2.24, 2.45) is 5.92 Å². The van der Waals surface area contributed by atoms with E-state index in [-0.39, 0.29) is 0 Å². The monoisotopic (exact) mass is 392 g/mol. The summed E-state index contributed by atoms with van der Waals surface area (Å²) in [6.07, 6.45) is 6.27. The maximum atomic E-state index is 6.24. The van der Waals surface area contributed by atoms with Gasteiger partial charge >= 0.3 is 0 Å². The number of rotatable bonds is 5. The van der Waals surface area contributed by atoms with Crippen molar-refractivity contribution in [3.63, 3.8) is 0 Å². The summed E-state index contributed by atoms with van der Waals surface area (Å²) in [4.78, 5) is 7.77. The van der Waals surface area contributed by atoms with Gasteiger partial charge in [-0.1, -0.05) is 36.7 Å². The van der Waals surface area contributed by atoms with Crippen molar-refractivity contribution < 1.29 is 0 Å². The van der Waals surface area contributed by atoms with Gasteiger partial charge in [0.1, 0.15) is 0 Å². The van der Waals surface area contributed by atoms with Gasteiger partial charge in [-0.15, -0.1) is 11.8 Å². The molecule has 0 amide bonds. The molecular formula is C20H22Cl2N2S. The van der Waals surface area contributed by atoms with Gasteiger partial charge in [-0.3, -0.25) is 4.98 Å². The molecule has 25 heavy (non-hydrogen) atoms. The Bertz CT molecular complexity index is 755. The Kier molecular flexibility index (Phi) is 6.32. The van der Waals surface area contributed by atoms with Crippen molar-refractivity contribution in [3.8, 4) is 0 Å². The molecular weight excluding hydrogens is 371 g/mol. The first-order chi connectivity index (χ1) is 12.0. The van der Waals surface area contributed by atoms with E-state index in [1.807, 2.05) is 24.5 Å². The van der Waals surface area contributed by atoms with Gasteiger partial charge in [0, 0.05) is 52.4 Å². The standard InChI is InChI=1S/C20H22Cl2N2S/c1-14-5-7-24(8-6-14)15(2)17-9-16(11-23-12-17)13-25-20-10-18(21)3-4-19(20)22/h3-4,9-12,14H,2,5-8,13H2,1H3. The van der Waals surface area contributed by atoms with Crippen LogP contribution in [0.5, 0.6) is 0 Å². The van der Waals surface area contributed by atoms with Gasteiger partial charge < -0.3 is 4.90 Å². The van der Waals surface area contributed by atoms with E-state index in [0.717, 1.165) is 51.5 Å². The molecule has 5 heteroatoms. The molecule has 2 nitrogen and oxygen atoms in total. The Labute approximate surface area is 164 Å². The summed E-state index contributed by atoms with van der Waals surface area (Å²) in [5.74, 6) is 1.61. The van der Waals surface area contributed by atoms with E-state index in [9.17, 15) is 0 Å². The lowest BCUT2D eigenvalue weighted by Gasteiger charge is -2.33. The summed E-state index contributed by atoms with van der Waals surface area (Å²) in [6, 6.07) is 7.72. The molecule has 0 spiro atoms. The maximum Gasteiger partial charge on any atom is 0.0543 e. The van der Waals surface area contributed by atoms with E-state index < -0.39 is 0 Å². The van der Waals surface area contributed by atoms with E-state index in [0.29, 0.717) is 5.02 Å². The van der Waals surface area contributed by atoms with Crippen LogP contribution in [0.1, 0.15) is 30.9 Å². The third-order valence-electron chi connectivity index (χ3n) is 4.58. The number of pyridine rings is 1. The highest BCUT2D eigenvalue weighted by atomic mass is 35.5. The lowest BCUT2D eigenvalue weighted by atomic mass is 9.98. The molecule has 1 aliphatic rings. The normalized spacial score (nSPS) is 15.4. The lowest BCUT2D eigenvalue weighted by Crippen LogP contribution is -2.31. The largest absolute Gasteiger partial charge is 0.371 e. The van der Waals surface area contributed by atoms with E-state index in [4.69, 9.17) is 23.2 Å². The van der Waals surface area contributed by atoms with Gasteiger partial charge in [0.25, 0.3) is 0 Å². The van der Waals surface area contributed by atoms with Crippen LogP contribution in [0, 0.1) is 5.92 Å². The van der Waals surface area contributed by atoms with Gasteiger partial charge in [0.15, 0.2) is 0 Å². The zero-order valence-corrected chi connectivity index (χ0v) is 16.7. The first-order valence-corrected chi connectivity index (χ1v) is 10.2. The van der Waals surface area contributed by atoms with Gasteiger partial charge in [-0.2, -0.15) is 0 Å². The SMILES string of the molecule is C=C(c1cncc(CSc2cc(Cl)ccc2Cl)c1)N1CCC(C)CC1. The van der Waals surface area contributed by atoms with Crippen LogP contribution in [-0.2, 0) is 5.75 Å². The van der Waals surface area contributed by atoms with Crippen molar-refractivity contribution in [1.82, 2.24) is 9.88 Å². The number of piperidine rings is 1. The second-order valence-electron chi connectivity index (χ2n) is 6.56. The van der Waals surface area contributed by atoms with Gasteiger partial charge in [0.05, 0.1) is 5.02 Å². The molecule has 1 aliphatic heterocycles. The summed E-state index contributed by atoms with van der Waals surface area (Å²) in [5.41, 5.74) is 3.34. The smallest absolute Gasteiger partial charge is 0.0543 e. The van der Waals surface area contributed by atoms with Crippen molar-refractivity contribution in [2.45, 2.75) is 30.4 Å².